The van der Waals surface area contributed by atoms with Gasteiger partial charge in [0.05, 0.1) is 23.8 Å². The maximum atomic E-state index is 13.7. The summed E-state index contributed by atoms with van der Waals surface area (Å²) in [7, 11) is 0. The molecule has 3 amide bonds. The summed E-state index contributed by atoms with van der Waals surface area (Å²) in [6, 6.07) is 14.0. The molecule has 0 radical (unpaired) electrons. The van der Waals surface area contributed by atoms with E-state index in [1.807, 2.05) is 26.8 Å². The molecule has 0 aliphatic carbocycles. The highest BCUT2D eigenvalue weighted by atomic mass is 16.6. The van der Waals surface area contributed by atoms with Gasteiger partial charge >= 0.3 is 12.2 Å². The van der Waals surface area contributed by atoms with E-state index in [1.165, 1.54) is 0 Å². The molecule has 1 aliphatic heterocycles. The third-order valence-electron chi connectivity index (χ3n) is 5.98. The van der Waals surface area contributed by atoms with Gasteiger partial charge in [-0.1, -0.05) is 12.1 Å². The fourth-order valence-corrected chi connectivity index (χ4v) is 4.15. The van der Waals surface area contributed by atoms with Crippen molar-refractivity contribution in [2.24, 2.45) is 0 Å². The third-order valence-corrected chi connectivity index (χ3v) is 5.98. The number of benzene rings is 1. The van der Waals surface area contributed by atoms with Crippen LogP contribution in [0.25, 0.3) is 11.3 Å². The number of carbonyl (C=O) groups is 3. The van der Waals surface area contributed by atoms with E-state index in [9.17, 15) is 14.4 Å². The first-order valence-corrected chi connectivity index (χ1v) is 13.5. The number of carbonyl (C=O) groups excluding carboxylic acids is 3. The van der Waals surface area contributed by atoms with Gasteiger partial charge in [-0.2, -0.15) is 0 Å². The molecule has 41 heavy (non-hydrogen) atoms. The number of amides is 3. The molecule has 1 N–H and O–H groups in total. The molecule has 0 spiro atoms. The van der Waals surface area contributed by atoms with Gasteiger partial charge in [0.2, 0.25) is 0 Å². The van der Waals surface area contributed by atoms with Crippen molar-refractivity contribution in [1.29, 1.82) is 0 Å². The van der Waals surface area contributed by atoms with E-state index in [4.69, 9.17) is 13.9 Å². The van der Waals surface area contributed by atoms with E-state index < -0.39 is 23.2 Å². The van der Waals surface area contributed by atoms with Gasteiger partial charge in [0.1, 0.15) is 22.7 Å². The van der Waals surface area contributed by atoms with Crippen molar-refractivity contribution in [3.05, 3.63) is 66.7 Å². The minimum absolute atomic E-state index is 0.126. The Kier molecular flexibility index (Phi) is 8.55. The van der Waals surface area contributed by atoms with E-state index in [-0.39, 0.29) is 11.8 Å². The Balaban J connectivity index is 1.50. The highest BCUT2D eigenvalue weighted by molar-refractivity contribution is 6.06. The molecule has 11 heteroatoms. The van der Waals surface area contributed by atoms with E-state index in [2.05, 4.69) is 15.3 Å². The van der Waals surface area contributed by atoms with E-state index in [0.717, 1.165) is 16.3 Å². The molecule has 3 heterocycles. The number of hydrogen-bond donors (Lipinski definition) is 1. The van der Waals surface area contributed by atoms with Gasteiger partial charge in [0, 0.05) is 31.7 Å². The second-order valence-electron chi connectivity index (χ2n) is 11.6. The highest BCUT2D eigenvalue weighted by Gasteiger charge is 2.28. The van der Waals surface area contributed by atoms with Gasteiger partial charge in [-0.15, -0.1) is 0 Å². The predicted octanol–water partition coefficient (Wildman–Crippen LogP) is 5.49. The van der Waals surface area contributed by atoms with Crippen LogP contribution in [-0.4, -0.2) is 65.4 Å². The van der Waals surface area contributed by atoms with Crippen molar-refractivity contribution in [3.63, 3.8) is 0 Å². The second kappa shape index (κ2) is 11.9. The average Bonchev–Trinajstić information content (AvgIpc) is 3.45. The summed E-state index contributed by atoms with van der Waals surface area (Å²) in [6.45, 7) is 13.0. The molecular formula is C30H37N5O6. The Hall–Kier alpha value is -4.54. The maximum Gasteiger partial charge on any atom is 0.427 e. The Labute approximate surface area is 240 Å². The lowest BCUT2D eigenvalue weighted by atomic mass is 10.1. The van der Waals surface area contributed by atoms with Crippen LogP contribution in [0.1, 0.15) is 52.0 Å². The van der Waals surface area contributed by atoms with E-state index in [1.54, 1.807) is 80.6 Å². The van der Waals surface area contributed by atoms with E-state index in [0.29, 0.717) is 37.6 Å². The number of ether oxygens (including phenoxy) is 2. The first-order chi connectivity index (χ1) is 19.3. The topological polar surface area (TPSA) is 117 Å². The SMILES string of the molecule is CC(C)(C)OC(=O)NN(C(=O)c1ccc(N2CCN(C(=O)OC(C)(C)C)CC2)cn1)c1cccc(-c2ccco2)c1. The van der Waals surface area contributed by atoms with Crippen LogP contribution >= 0.6 is 0 Å². The van der Waals surface area contributed by atoms with Crippen LogP contribution in [0.3, 0.4) is 0 Å². The van der Waals surface area contributed by atoms with Gasteiger partial charge in [-0.05, 0) is 77.9 Å². The molecule has 2 aromatic heterocycles. The molecular weight excluding hydrogens is 526 g/mol. The highest BCUT2D eigenvalue weighted by Crippen LogP contribution is 2.26. The zero-order valence-corrected chi connectivity index (χ0v) is 24.3. The normalized spacial score (nSPS) is 13.9. The number of nitrogens with zero attached hydrogens (tertiary/aromatic N) is 4. The fraction of sp³-hybridized carbons (Fsp3) is 0.400. The largest absolute Gasteiger partial charge is 0.464 e. The molecule has 1 aliphatic rings. The predicted molar refractivity (Wildman–Crippen MR) is 155 cm³/mol. The van der Waals surface area contributed by atoms with Crippen LogP contribution in [-0.2, 0) is 9.47 Å². The number of hydrazine groups is 1. The van der Waals surface area contributed by atoms with Crippen molar-refractivity contribution in [2.45, 2.75) is 52.7 Å². The molecule has 218 valence electrons. The van der Waals surface area contributed by atoms with Crippen molar-refractivity contribution in [2.75, 3.05) is 36.1 Å². The van der Waals surface area contributed by atoms with Crippen LogP contribution in [0.4, 0.5) is 21.0 Å². The lowest BCUT2D eigenvalue weighted by Crippen LogP contribution is -2.50. The van der Waals surface area contributed by atoms with Crippen LogP contribution in [0.5, 0.6) is 0 Å². The molecule has 3 aromatic rings. The molecule has 1 aromatic carbocycles. The van der Waals surface area contributed by atoms with Crippen LogP contribution in [0, 0.1) is 0 Å². The molecule has 1 saturated heterocycles. The molecule has 1 fully saturated rings. The van der Waals surface area contributed by atoms with Crippen molar-refractivity contribution in [3.8, 4) is 11.3 Å². The maximum absolute atomic E-state index is 13.7. The second-order valence-corrected chi connectivity index (χ2v) is 11.6. The first kappa shape index (κ1) is 29.4. The summed E-state index contributed by atoms with van der Waals surface area (Å²) in [5.41, 5.74) is 3.32. The van der Waals surface area contributed by atoms with Crippen LogP contribution in [0.2, 0.25) is 0 Å². The minimum Gasteiger partial charge on any atom is -0.464 e. The molecule has 11 nitrogen and oxygen atoms in total. The summed E-state index contributed by atoms with van der Waals surface area (Å²) < 4.78 is 16.4. The number of rotatable bonds is 4. The van der Waals surface area contributed by atoms with Gasteiger partial charge in [-0.3, -0.25) is 4.79 Å². The van der Waals surface area contributed by atoms with Gasteiger partial charge in [0.25, 0.3) is 5.91 Å². The monoisotopic (exact) mass is 563 g/mol. The zero-order chi connectivity index (χ0) is 29.8. The summed E-state index contributed by atoms with van der Waals surface area (Å²) in [4.78, 5) is 46.9. The number of furan rings is 1. The first-order valence-electron chi connectivity index (χ1n) is 13.5. The fourth-order valence-electron chi connectivity index (χ4n) is 4.15. The Morgan fingerprint density at radius 1 is 0.902 bits per heavy atom. The standard InChI is InChI=1S/C30H37N5O6/c1-29(2,3)40-27(37)32-35(22-10-7-9-21(19-22)25-11-8-18-39-25)26(36)24-13-12-23(20-31-24)33-14-16-34(17-15-33)28(38)41-30(4,5)6/h7-13,18-20H,14-17H2,1-6H3,(H,32,37). The molecule has 4 rings (SSSR count). The number of anilines is 2. The molecule has 0 bridgehead atoms. The average molecular weight is 564 g/mol. The van der Waals surface area contributed by atoms with Crippen LogP contribution in [0.15, 0.2) is 65.4 Å². The summed E-state index contributed by atoms with van der Waals surface area (Å²) in [5.74, 6) is 0.0690. The quantitative estimate of drug-likeness (QED) is 0.415. The lowest BCUT2D eigenvalue weighted by molar-refractivity contribution is 0.0240. The smallest absolute Gasteiger partial charge is 0.427 e. The van der Waals surface area contributed by atoms with Crippen LogP contribution < -0.4 is 15.3 Å². The Bertz CT molecular complexity index is 1350. The van der Waals surface area contributed by atoms with Crippen molar-refractivity contribution in [1.82, 2.24) is 15.3 Å². The van der Waals surface area contributed by atoms with Crippen molar-refractivity contribution < 1.29 is 28.3 Å². The number of aromatic nitrogens is 1. The minimum atomic E-state index is -0.784. The number of pyridine rings is 1. The third kappa shape index (κ3) is 8.00. The van der Waals surface area contributed by atoms with Gasteiger partial charge in [-0.25, -0.2) is 25.0 Å². The number of piperazine rings is 1. The lowest BCUT2D eigenvalue weighted by Gasteiger charge is -2.36. The van der Waals surface area contributed by atoms with E-state index >= 15 is 0 Å². The number of hydrogen-bond acceptors (Lipinski definition) is 8. The van der Waals surface area contributed by atoms with Crippen molar-refractivity contribution >= 4 is 29.5 Å². The molecule has 0 unspecified atom stereocenters. The number of nitrogens with one attached hydrogen (secondary N) is 1. The summed E-state index contributed by atoms with van der Waals surface area (Å²) in [6.07, 6.45) is 2.06. The Morgan fingerprint density at radius 3 is 2.20 bits per heavy atom. The summed E-state index contributed by atoms with van der Waals surface area (Å²) in [5, 5.41) is 1.11. The Morgan fingerprint density at radius 2 is 1.61 bits per heavy atom. The summed E-state index contributed by atoms with van der Waals surface area (Å²) >= 11 is 0. The van der Waals surface area contributed by atoms with Gasteiger partial charge in [0.15, 0.2) is 0 Å². The molecule has 0 atom stereocenters. The van der Waals surface area contributed by atoms with Gasteiger partial charge < -0.3 is 23.7 Å². The molecule has 0 saturated carbocycles. The zero-order valence-electron chi connectivity index (χ0n) is 24.3.